The smallest absolute Gasteiger partial charge is 0.248 e. The van der Waals surface area contributed by atoms with Crippen molar-refractivity contribution in [1.29, 1.82) is 0 Å². The largest absolute Gasteiger partial charge is 0.394 e. The van der Waals surface area contributed by atoms with Crippen molar-refractivity contribution in [3.8, 4) is 0 Å². The summed E-state index contributed by atoms with van der Waals surface area (Å²) in [6.07, 6.45) is -5.96. The molecule has 7 heteroatoms. The van der Waals surface area contributed by atoms with Crippen LogP contribution in [0.2, 0.25) is 0 Å². The molecule has 5 N–H and O–H groups in total. The van der Waals surface area contributed by atoms with Crippen molar-refractivity contribution >= 4 is 5.91 Å². The molecular formula is C10H19NO6. The van der Waals surface area contributed by atoms with Gasteiger partial charge in [0.15, 0.2) is 6.23 Å². The number of aliphatic hydroxyl groups excluding tert-OH is 4. The molecule has 4 unspecified atom stereocenters. The molecule has 0 fully saturated rings. The molecule has 1 amide bonds. The van der Waals surface area contributed by atoms with Crippen LogP contribution in [0.15, 0.2) is 12.2 Å². The first-order valence-corrected chi connectivity index (χ1v) is 4.99. The van der Waals surface area contributed by atoms with E-state index in [1.165, 1.54) is 14.0 Å². The maximum Gasteiger partial charge on any atom is 0.248 e. The summed E-state index contributed by atoms with van der Waals surface area (Å²) in [6.45, 7) is 4.24. The summed E-state index contributed by atoms with van der Waals surface area (Å²) >= 11 is 0. The summed E-state index contributed by atoms with van der Waals surface area (Å²) in [4.78, 5) is 11.1. The number of methoxy groups -OCH3 is 1. The van der Waals surface area contributed by atoms with Crippen molar-refractivity contribution < 1.29 is 30.0 Å². The number of carbonyl (C=O) groups is 1. The van der Waals surface area contributed by atoms with Crippen LogP contribution in [0.4, 0.5) is 0 Å². The monoisotopic (exact) mass is 249 g/mol. The van der Waals surface area contributed by atoms with Gasteiger partial charge in [0, 0.05) is 12.7 Å². The van der Waals surface area contributed by atoms with Gasteiger partial charge in [0.2, 0.25) is 5.91 Å². The standard InChI is InChI=1S/C10H19NO6/c1-5(2)9(15)11-10(16)8(14)7(13)6(4-12)17-3/h6-8,10,12-14,16H,1,4H2,2-3H3,(H,11,15). The lowest BCUT2D eigenvalue weighted by atomic mass is 10.1. The van der Waals surface area contributed by atoms with E-state index in [-0.39, 0.29) is 5.57 Å². The number of hydrogen-bond donors (Lipinski definition) is 5. The van der Waals surface area contributed by atoms with Gasteiger partial charge in [-0.05, 0) is 6.92 Å². The maximum atomic E-state index is 11.1. The SMILES string of the molecule is C=C(C)C(=O)NC(O)C(O)C(O)C(CO)OC. The lowest BCUT2D eigenvalue weighted by molar-refractivity contribution is -0.141. The second kappa shape index (κ2) is 7.36. The summed E-state index contributed by atoms with van der Waals surface area (Å²) in [5, 5.41) is 39.3. The highest BCUT2D eigenvalue weighted by molar-refractivity contribution is 5.92. The normalized spacial score (nSPS) is 18.0. The average Bonchev–Trinajstić information content (AvgIpc) is 2.28. The average molecular weight is 249 g/mol. The number of hydrogen-bond acceptors (Lipinski definition) is 6. The van der Waals surface area contributed by atoms with Gasteiger partial charge in [0.05, 0.1) is 6.61 Å². The quantitative estimate of drug-likeness (QED) is 0.256. The number of nitrogens with one attached hydrogen (secondary N) is 1. The molecule has 0 aliphatic rings. The summed E-state index contributed by atoms with van der Waals surface area (Å²) in [5.74, 6) is -0.651. The molecule has 0 aromatic rings. The van der Waals surface area contributed by atoms with Crippen molar-refractivity contribution in [3.05, 3.63) is 12.2 Å². The minimum absolute atomic E-state index is 0.149. The van der Waals surface area contributed by atoms with E-state index >= 15 is 0 Å². The van der Waals surface area contributed by atoms with Crippen molar-refractivity contribution in [2.45, 2.75) is 31.5 Å². The van der Waals surface area contributed by atoms with Gasteiger partial charge in [0.25, 0.3) is 0 Å². The predicted molar refractivity (Wildman–Crippen MR) is 58.9 cm³/mol. The molecular weight excluding hydrogens is 230 g/mol. The van der Waals surface area contributed by atoms with E-state index in [1.807, 2.05) is 5.32 Å². The molecule has 7 nitrogen and oxygen atoms in total. The molecule has 0 heterocycles. The summed E-state index contributed by atoms with van der Waals surface area (Å²) in [7, 11) is 1.23. The van der Waals surface area contributed by atoms with Crippen molar-refractivity contribution in [3.63, 3.8) is 0 Å². The third-order valence-corrected chi connectivity index (χ3v) is 2.20. The van der Waals surface area contributed by atoms with E-state index < -0.39 is 37.1 Å². The number of aliphatic hydroxyl groups is 4. The lowest BCUT2D eigenvalue weighted by Gasteiger charge is -2.27. The molecule has 0 bridgehead atoms. The molecule has 17 heavy (non-hydrogen) atoms. The van der Waals surface area contributed by atoms with Gasteiger partial charge in [-0.15, -0.1) is 0 Å². The summed E-state index contributed by atoms with van der Waals surface area (Å²) in [5.41, 5.74) is 0.149. The predicted octanol–water partition coefficient (Wildman–Crippen LogP) is -2.27. The molecule has 4 atom stereocenters. The van der Waals surface area contributed by atoms with Gasteiger partial charge in [-0.1, -0.05) is 6.58 Å². The summed E-state index contributed by atoms with van der Waals surface area (Å²) < 4.78 is 4.68. The van der Waals surface area contributed by atoms with Gasteiger partial charge in [-0.2, -0.15) is 0 Å². The Morgan fingerprint density at radius 2 is 1.88 bits per heavy atom. The third kappa shape index (κ3) is 4.80. The zero-order valence-corrected chi connectivity index (χ0v) is 9.83. The zero-order valence-electron chi connectivity index (χ0n) is 9.83. The minimum atomic E-state index is -1.68. The Balaban J connectivity index is 4.42. The van der Waals surface area contributed by atoms with E-state index in [4.69, 9.17) is 5.11 Å². The number of ether oxygens (including phenoxy) is 1. The Morgan fingerprint density at radius 3 is 2.24 bits per heavy atom. The molecule has 0 aliphatic carbocycles. The Hall–Kier alpha value is -0.990. The molecule has 0 radical (unpaired) electrons. The lowest BCUT2D eigenvalue weighted by Crippen LogP contribution is -2.53. The molecule has 0 saturated carbocycles. The van der Waals surface area contributed by atoms with E-state index in [2.05, 4.69) is 11.3 Å². The van der Waals surface area contributed by atoms with E-state index in [1.54, 1.807) is 0 Å². The highest BCUT2D eigenvalue weighted by Gasteiger charge is 2.31. The molecule has 0 spiro atoms. The van der Waals surface area contributed by atoms with E-state index in [0.29, 0.717) is 0 Å². The van der Waals surface area contributed by atoms with Crippen LogP contribution in [0.3, 0.4) is 0 Å². The van der Waals surface area contributed by atoms with E-state index in [0.717, 1.165) is 0 Å². The number of amides is 1. The van der Waals surface area contributed by atoms with Gasteiger partial charge in [-0.25, -0.2) is 0 Å². The Bertz CT molecular complexity index is 266. The third-order valence-electron chi connectivity index (χ3n) is 2.20. The molecule has 0 saturated heterocycles. The number of carbonyl (C=O) groups excluding carboxylic acids is 1. The van der Waals surface area contributed by atoms with Crippen LogP contribution in [0.25, 0.3) is 0 Å². The second-order valence-corrected chi connectivity index (χ2v) is 3.64. The Labute approximate surface area is 99.3 Å². The van der Waals surface area contributed by atoms with Crippen molar-refractivity contribution in [2.24, 2.45) is 0 Å². The van der Waals surface area contributed by atoms with Crippen LogP contribution in [0.5, 0.6) is 0 Å². The first-order valence-electron chi connectivity index (χ1n) is 4.99. The van der Waals surface area contributed by atoms with Crippen LogP contribution in [-0.2, 0) is 9.53 Å². The highest BCUT2D eigenvalue weighted by Crippen LogP contribution is 2.06. The van der Waals surface area contributed by atoms with Gasteiger partial charge in [0.1, 0.15) is 18.3 Å². The Kier molecular flexibility index (Phi) is 6.93. The highest BCUT2D eigenvalue weighted by atomic mass is 16.5. The second-order valence-electron chi connectivity index (χ2n) is 3.64. The molecule has 0 rings (SSSR count). The zero-order chi connectivity index (χ0) is 13.6. The van der Waals surface area contributed by atoms with Crippen LogP contribution in [0, 0.1) is 0 Å². The first-order chi connectivity index (χ1) is 7.84. The molecule has 100 valence electrons. The molecule has 0 aromatic heterocycles. The van der Waals surface area contributed by atoms with Gasteiger partial charge >= 0.3 is 0 Å². The number of rotatable bonds is 7. The molecule has 0 aliphatic heterocycles. The van der Waals surface area contributed by atoms with Crippen LogP contribution < -0.4 is 5.32 Å². The minimum Gasteiger partial charge on any atom is -0.394 e. The fourth-order valence-corrected chi connectivity index (χ4v) is 1.07. The van der Waals surface area contributed by atoms with Crippen LogP contribution >= 0.6 is 0 Å². The van der Waals surface area contributed by atoms with Gasteiger partial charge < -0.3 is 30.5 Å². The fourth-order valence-electron chi connectivity index (χ4n) is 1.07. The van der Waals surface area contributed by atoms with Crippen LogP contribution in [-0.4, -0.2) is 64.6 Å². The van der Waals surface area contributed by atoms with Crippen molar-refractivity contribution in [2.75, 3.05) is 13.7 Å². The topological polar surface area (TPSA) is 119 Å². The Morgan fingerprint density at radius 1 is 1.35 bits per heavy atom. The van der Waals surface area contributed by atoms with Gasteiger partial charge in [-0.3, -0.25) is 4.79 Å². The first kappa shape index (κ1) is 16.0. The molecule has 0 aromatic carbocycles. The van der Waals surface area contributed by atoms with Crippen LogP contribution in [0.1, 0.15) is 6.92 Å². The fraction of sp³-hybridized carbons (Fsp3) is 0.700. The van der Waals surface area contributed by atoms with E-state index in [9.17, 15) is 20.1 Å². The maximum absolute atomic E-state index is 11.1. The summed E-state index contributed by atoms with van der Waals surface area (Å²) in [6, 6.07) is 0. The van der Waals surface area contributed by atoms with Crippen molar-refractivity contribution in [1.82, 2.24) is 5.32 Å².